The molecule has 34 heavy (non-hydrogen) atoms. The molecular weight excluding hydrogens is 432 g/mol. The van der Waals surface area contributed by atoms with E-state index in [0.717, 1.165) is 16.7 Å². The molecule has 1 atom stereocenters. The zero-order valence-corrected chi connectivity index (χ0v) is 19.7. The molecule has 0 radical (unpaired) electrons. The van der Waals surface area contributed by atoms with Gasteiger partial charge in [0, 0.05) is 11.1 Å². The van der Waals surface area contributed by atoms with E-state index < -0.39 is 23.9 Å². The van der Waals surface area contributed by atoms with Crippen molar-refractivity contribution in [1.82, 2.24) is 5.32 Å². The highest BCUT2D eigenvalue weighted by Crippen LogP contribution is 2.27. The van der Waals surface area contributed by atoms with E-state index in [9.17, 15) is 14.4 Å². The van der Waals surface area contributed by atoms with E-state index in [1.54, 1.807) is 54.6 Å². The first-order chi connectivity index (χ1) is 16.3. The summed E-state index contributed by atoms with van der Waals surface area (Å²) in [5, 5.41) is 5.33. The third kappa shape index (κ3) is 6.22. The van der Waals surface area contributed by atoms with Crippen LogP contribution in [0.5, 0.6) is 5.75 Å². The topological polar surface area (TPSA) is 93.7 Å². The number of anilines is 1. The van der Waals surface area contributed by atoms with Gasteiger partial charge in [-0.2, -0.15) is 0 Å². The summed E-state index contributed by atoms with van der Waals surface area (Å²) in [7, 11) is 1.51. The van der Waals surface area contributed by atoms with Crippen molar-refractivity contribution in [3.63, 3.8) is 0 Å². The van der Waals surface area contributed by atoms with Gasteiger partial charge in [-0.05, 0) is 61.7 Å². The molecule has 0 aliphatic carbocycles. The number of ether oxygens (including phenoxy) is 2. The average molecular weight is 461 g/mol. The maximum Gasteiger partial charge on any atom is 0.326 e. The zero-order chi connectivity index (χ0) is 24.7. The molecule has 0 spiro atoms. The molecule has 7 heteroatoms. The van der Waals surface area contributed by atoms with Crippen LogP contribution in [0.1, 0.15) is 38.7 Å². The van der Waals surface area contributed by atoms with Gasteiger partial charge in [0.15, 0.2) is 0 Å². The number of carbonyl (C=O) groups is 3. The highest BCUT2D eigenvalue weighted by molar-refractivity contribution is 5.98. The van der Waals surface area contributed by atoms with Gasteiger partial charge in [-0.1, -0.05) is 42.5 Å². The van der Waals surface area contributed by atoms with E-state index in [-0.39, 0.29) is 6.54 Å². The lowest BCUT2D eigenvalue weighted by molar-refractivity contribution is -0.153. The van der Waals surface area contributed by atoms with Crippen molar-refractivity contribution < 1.29 is 23.9 Å². The monoisotopic (exact) mass is 460 g/mol. The molecule has 2 amide bonds. The molecule has 0 aliphatic heterocycles. The van der Waals surface area contributed by atoms with Crippen molar-refractivity contribution in [2.75, 3.05) is 19.0 Å². The number of esters is 1. The van der Waals surface area contributed by atoms with Gasteiger partial charge in [-0.3, -0.25) is 14.4 Å². The molecule has 0 fully saturated rings. The van der Waals surface area contributed by atoms with Crippen LogP contribution in [-0.4, -0.2) is 31.4 Å². The molecule has 176 valence electrons. The van der Waals surface area contributed by atoms with Crippen LogP contribution in [0, 0.1) is 20.8 Å². The summed E-state index contributed by atoms with van der Waals surface area (Å²) in [6, 6.07) is 19.4. The Morgan fingerprint density at radius 3 is 2.29 bits per heavy atom. The number of nitrogens with one attached hydrogen (secondary N) is 2. The Hall–Kier alpha value is -4.13. The fourth-order valence-electron chi connectivity index (χ4n) is 3.33. The minimum absolute atomic E-state index is 0.379. The molecule has 7 nitrogen and oxygen atoms in total. The number of benzene rings is 3. The Labute approximate surface area is 199 Å². The molecular formula is C27H28N2O5. The zero-order valence-electron chi connectivity index (χ0n) is 19.7. The van der Waals surface area contributed by atoms with Crippen molar-refractivity contribution >= 4 is 23.5 Å². The first-order valence-corrected chi connectivity index (χ1v) is 10.8. The Kier molecular flexibility index (Phi) is 8.03. The van der Waals surface area contributed by atoms with Gasteiger partial charge in [0.05, 0.1) is 12.8 Å². The highest BCUT2D eigenvalue weighted by Gasteiger charge is 2.26. The summed E-state index contributed by atoms with van der Waals surface area (Å²) < 4.78 is 10.8. The lowest BCUT2D eigenvalue weighted by atomic mass is 10.1. The first kappa shape index (κ1) is 24.5. The number of rotatable bonds is 8. The third-order valence-corrected chi connectivity index (χ3v) is 5.36. The lowest BCUT2D eigenvalue weighted by Gasteiger charge is -2.19. The molecule has 1 unspecified atom stereocenters. The van der Waals surface area contributed by atoms with E-state index >= 15 is 0 Å². The van der Waals surface area contributed by atoms with Gasteiger partial charge in [0.1, 0.15) is 12.3 Å². The van der Waals surface area contributed by atoms with Crippen LogP contribution < -0.4 is 15.4 Å². The van der Waals surface area contributed by atoms with Crippen molar-refractivity contribution in [1.29, 1.82) is 0 Å². The molecule has 3 aromatic rings. The molecule has 0 saturated carbocycles. The summed E-state index contributed by atoms with van der Waals surface area (Å²) in [4.78, 5) is 38.1. The van der Waals surface area contributed by atoms with Gasteiger partial charge in [0.2, 0.25) is 6.10 Å². The Balaban J connectivity index is 1.72. The second kappa shape index (κ2) is 11.1. The van der Waals surface area contributed by atoms with Gasteiger partial charge in [-0.15, -0.1) is 0 Å². The van der Waals surface area contributed by atoms with Crippen LogP contribution in [0.4, 0.5) is 5.69 Å². The summed E-state index contributed by atoms with van der Waals surface area (Å²) in [5.41, 5.74) is 4.38. The summed E-state index contributed by atoms with van der Waals surface area (Å²) in [6.07, 6.45) is -1.21. The second-order valence-corrected chi connectivity index (χ2v) is 7.96. The lowest BCUT2D eigenvalue weighted by Crippen LogP contribution is -2.33. The first-order valence-electron chi connectivity index (χ1n) is 10.8. The fourth-order valence-corrected chi connectivity index (χ4v) is 3.33. The number of aryl methyl sites for hydroxylation is 3. The Bertz CT molecular complexity index is 1190. The van der Waals surface area contributed by atoms with E-state index in [1.165, 1.54) is 7.11 Å². The second-order valence-electron chi connectivity index (χ2n) is 7.96. The molecule has 3 aromatic carbocycles. The van der Waals surface area contributed by atoms with Crippen LogP contribution in [0.15, 0.2) is 66.7 Å². The number of hydrogen-bond acceptors (Lipinski definition) is 5. The molecule has 0 saturated heterocycles. The van der Waals surface area contributed by atoms with E-state index in [2.05, 4.69) is 10.6 Å². The van der Waals surface area contributed by atoms with Crippen molar-refractivity contribution in [3.05, 3.63) is 94.5 Å². The number of carbonyl (C=O) groups excluding carboxylic acids is 3. The van der Waals surface area contributed by atoms with Crippen LogP contribution >= 0.6 is 0 Å². The summed E-state index contributed by atoms with van der Waals surface area (Å²) >= 11 is 0. The number of amides is 2. The molecule has 0 aromatic heterocycles. The predicted molar refractivity (Wildman–Crippen MR) is 130 cm³/mol. The maximum atomic E-state index is 13.1. The largest absolute Gasteiger partial charge is 0.495 e. The van der Waals surface area contributed by atoms with E-state index in [0.29, 0.717) is 22.6 Å². The third-order valence-electron chi connectivity index (χ3n) is 5.36. The molecule has 0 heterocycles. The van der Waals surface area contributed by atoms with Crippen molar-refractivity contribution in [3.8, 4) is 5.75 Å². The molecule has 3 rings (SSSR count). The minimum atomic E-state index is -1.21. The van der Waals surface area contributed by atoms with Crippen LogP contribution in [0.25, 0.3) is 0 Å². The predicted octanol–water partition coefficient (Wildman–Crippen LogP) is 4.27. The Morgan fingerprint density at radius 1 is 0.882 bits per heavy atom. The Morgan fingerprint density at radius 2 is 1.62 bits per heavy atom. The minimum Gasteiger partial charge on any atom is -0.495 e. The van der Waals surface area contributed by atoms with Crippen LogP contribution in [-0.2, 0) is 14.3 Å². The SMILES string of the molecule is COc1ccc(C)cc1NC(=O)C(OC(=O)CNC(=O)c1ccc(C)c(C)c1)c1ccccc1. The number of hydrogen-bond donors (Lipinski definition) is 2. The highest BCUT2D eigenvalue weighted by atomic mass is 16.5. The van der Waals surface area contributed by atoms with E-state index in [1.807, 2.05) is 32.9 Å². The van der Waals surface area contributed by atoms with Gasteiger partial charge in [-0.25, -0.2) is 0 Å². The summed E-state index contributed by atoms with van der Waals surface area (Å²) in [6.45, 7) is 5.38. The van der Waals surface area contributed by atoms with Crippen LogP contribution in [0.3, 0.4) is 0 Å². The van der Waals surface area contributed by atoms with Crippen LogP contribution in [0.2, 0.25) is 0 Å². The normalized spacial score (nSPS) is 11.3. The molecule has 0 bridgehead atoms. The van der Waals surface area contributed by atoms with Gasteiger partial charge < -0.3 is 20.1 Å². The maximum absolute atomic E-state index is 13.1. The van der Waals surface area contributed by atoms with Gasteiger partial charge >= 0.3 is 5.97 Å². The smallest absolute Gasteiger partial charge is 0.326 e. The van der Waals surface area contributed by atoms with Gasteiger partial charge in [0.25, 0.3) is 11.8 Å². The van der Waals surface area contributed by atoms with Crippen molar-refractivity contribution in [2.24, 2.45) is 0 Å². The fraction of sp³-hybridized carbons (Fsp3) is 0.222. The quantitative estimate of drug-likeness (QED) is 0.490. The molecule has 2 N–H and O–H groups in total. The standard InChI is InChI=1S/C27H28N2O5/c1-17-10-13-23(33-4)22(14-17)29-27(32)25(20-8-6-5-7-9-20)34-24(30)16-28-26(31)21-12-11-18(2)19(3)15-21/h5-15,25H,16H2,1-4H3,(H,28,31)(H,29,32). The summed E-state index contributed by atoms with van der Waals surface area (Å²) in [5.74, 6) is -1.19. The number of methoxy groups -OCH3 is 1. The van der Waals surface area contributed by atoms with Crippen molar-refractivity contribution in [2.45, 2.75) is 26.9 Å². The van der Waals surface area contributed by atoms with E-state index in [4.69, 9.17) is 9.47 Å². The average Bonchev–Trinajstić information content (AvgIpc) is 2.83. The molecule has 0 aliphatic rings.